The monoisotopic (exact) mass is 212 g/mol. The molecule has 0 aliphatic heterocycles. The van der Waals surface area contributed by atoms with E-state index in [0.717, 1.165) is 19.3 Å². The third kappa shape index (κ3) is 1.52. The summed E-state index contributed by atoms with van der Waals surface area (Å²) in [6.07, 6.45) is 3.36. The van der Waals surface area contributed by atoms with Gasteiger partial charge in [-0.2, -0.15) is 0 Å². The number of hydrogen-bond acceptors (Lipinski definition) is 2. The highest BCUT2D eigenvalue weighted by Gasteiger charge is 2.59. The van der Waals surface area contributed by atoms with Crippen LogP contribution in [-0.4, -0.2) is 16.9 Å². The zero-order chi connectivity index (χ0) is 11.3. The van der Waals surface area contributed by atoms with Gasteiger partial charge < -0.3 is 9.84 Å². The number of carbonyl (C=O) groups is 1. The Labute approximate surface area is 90.8 Å². The first-order valence-electron chi connectivity index (χ1n) is 5.77. The van der Waals surface area contributed by atoms with E-state index in [9.17, 15) is 4.79 Å². The van der Waals surface area contributed by atoms with Gasteiger partial charge in [0.05, 0.1) is 0 Å². The van der Waals surface area contributed by atoms with Gasteiger partial charge in [0.25, 0.3) is 0 Å². The molecule has 1 N–H and O–H groups in total. The third-order valence-corrected chi connectivity index (χ3v) is 4.33. The van der Waals surface area contributed by atoms with Gasteiger partial charge >= 0.3 is 6.16 Å². The van der Waals surface area contributed by atoms with Gasteiger partial charge in [-0.15, -0.1) is 0 Å². The molecule has 15 heavy (non-hydrogen) atoms. The van der Waals surface area contributed by atoms with Gasteiger partial charge in [0.15, 0.2) is 0 Å². The van der Waals surface area contributed by atoms with Crippen molar-refractivity contribution >= 4 is 6.16 Å². The van der Waals surface area contributed by atoms with Crippen LogP contribution in [0.25, 0.3) is 0 Å². The van der Waals surface area contributed by atoms with Gasteiger partial charge in [0, 0.05) is 5.41 Å². The maximum absolute atomic E-state index is 10.9. The van der Waals surface area contributed by atoms with E-state index in [1.165, 1.54) is 6.42 Å². The molecule has 86 valence electrons. The summed E-state index contributed by atoms with van der Waals surface area (Å²) in [6.45, 7) is 6.28. The lowest BCUT2D eigenvalue weighted by molar-refractivity contribution is -0.120. The smallest absolute Gasteiger partial charge is 0.450 e. The van der Waals surface area contributed by atoms with Gasteiger partial charge in [-0.25, -0.2) is 4.79 Å². The molecule has 3 unspecified atom stereocenters. The van der Waals surface area contributed by atoms with E-state index in [0.29, 0.717) is 11.8 Å². The Kier molecular flexibility index (Phi) is 2.25. The minimum absolute atomic E-state index is 0.0920. The maximum atomic E-state index is 10.9. The number of hydrogen-bond donors (Lipinski definition) is 1. The van der Waals surface area contributed by atoms with E-state index >= 15 is 0 Å². The first-order valence-corrected chi connectivity index (χ1v) is 5.77. The number of fused-ring (bicyclic) bond motifs is 2. The lowest BCUT2D eigenvalue weighted by atomic mass is 9.67. The lowest BCUT2D eigenvalue weighted by Crippen LogP contribution is -2.50. The molecule has 2 aliphatic carbocycles. The number of ether oxygens (including phenoxy) is 1. The molecule has 0 aromatic carbocycles. The van der Waals surface area contributed by atoms with Crippen molar-refractivity contribution in [3.05, 3.63) is 0 Å². The summed E-state index contributed by atoms with van der Waals surface area (Å²) in [4.78, 5) is 10.9. The highest BCUT2D eigenvalue weighted by Crippen LogP contribution is 2.59. The fraction of sp³-hybridized carbons (Fsp3) is 0.917. The van der Waals surface area contributed by atoms with Crippen molar-refractivity contribution in [3.8, 4) is 0 Å². The van der Waals surface area contributed by atoms with Crippen molar-refractivity contribution in [1.82, 2.24) is 0 Å². The number of carboxylic acid groups (broad SMARTS) is 1. The van der Waals surface area contributed by atoms with Gasteiger partial charge in [-0.1, -0.05) is 20.8 Å². The molecule has 3 heteroatoms. The zero-order valence-electron chi connectivity index (χ0n) is 9.75. The van der Waals surface area contributed by atoms with E-state index in [-0.39, 0.29) is 5.41 Å². The molecule has 0 saturated heterocycles. The minimum atomic E-state index is -1.11. The Bertz CT molecular complexity index is 279. The lowest BCUT2D eigenvalue weighted by Gasteiger charge is -2.46. The Balaban J connectivity index is 2.28. The van der Waals surface area contributed by atoms with Crippen LogP contribution in [0.1, 0.15) is 46.5 Å². The van der Waals surface area contributed by atoms with E-state index in [2.05, 4.69) is 20.8 Å². The van der Waals surface area contributed by atoms with Gasteiger partial charge in [-0.05, 0) is 37.5 Å². The fourth-order valence-electron chi connectivity index (χ4n) is 3.63. The van der Waals surface area contributed by atoms with Crippen LogP contribution >= 0.6 is 0 Å². The molecule has 0 heterocycles. The number of rotatable bonds is 1. The molecular formula is C12H20O3. The molecular weight excluding hydrogens is 192 g/mol. The van der Waals surface area contributed by atoms with E-state index in [1.807, 2.05) is 0 Å². The average molecular weight is 212 g/mol. The Morgan fingerprint density at radius 1 is 1.40 bits per heavy atom. The van der Waals surface area contributed by atoms with Crippen LogP contribution in [0, 0.1) is 17.3 Å². The minimum Gasteiger partial charge on any atom is -0.450 e. The highest BCUT2D eigenvalue weighted by atomic mass is 16.7. The molecule has 3 atom stereocenters. The third-order valence-electron chi connectivity index (χ3n) is 4.33. The largest absolute Gasteiger partial charge is 0.506 e. The topological polar surface area (TPSA) is 46.5 Å². The molecule has 2 saturated carbocycles. The summed E-state index contributed by atoms with van der Waals surface area (Å²) < 4.78 is 5.31. The Morgan fingerprint density at radius 2 is 2.07 bits per heavy atom. The van der Waals surface area contributed by atoms with E-state index in [1.54, 1.807) is 0 Å². The van der Waals surface area contributed by atoms with E-state index < -0.39 is 11.8 Å². The molecule has 0 aromatic rings. The first kappa shape index (κ1) is 10.8. The summed E-state index contributed by atoms with van der Waals surface area (Å²) in [5.41, 5.74) is -0.521. The summed E-state index contributed by atoms with van der Waals surface area (Å²) in [7, 11) is 0. The van der Waals surface area contributed by atoms with Crippen LogP contribution in [0.2, 0.25) is 0 Å². The van der Waals surface area contributed by atoms with Crippen molar-refractivity contribution in [2.45, 2.75) is 52.1 Å². The summed E-state index contributed by atoms with van der Waals surface area (Å²) in [5.74, 6) is 1.13. The summed E-state index contributed by atoms with van der Waals surface area (Å²) in [5, 5.41) is 8.91. The molecule has 2 bridgehead atoms. The maximum Gasteiger partial charge on any atom is 0.506 e. The van der Waals surface area contributed by atoms with Crippen LogP contribution in [0.3, 0.4) is 0 Å². The molecule has 0 spiro atoms. The normalized spacial score (nSPS) is 39.4. The standard InChI is InChI=1S/C12H20O3/c1-11(2,3)12(15-10(13)14)7-8-4-5-9(12)6-8/h8-9H,4-7H2,1-3H3,(H,13,14). The predicted molar refractivity (Wildman–Crippen MR) is 56.7 cm³/mol. The van der Waals surface area contributed by atoms with Gasteiger partial charge in [-0.3, -0.25) is 0 Å². The first-order chi connectivity index (χ1) is 6.85. The van der Waals surface area contributed by atoms with Gasteiger partial charge in [0.2, 0.25) is 0 Å². The summed E-state index contributed by atoms with van der Waals surface area (Å²) in [6, 6.07) is 0. The quantitative estimate of drug-likeness (QED) is 0.678. The molecule has 0 aromatic heterocycles. The van der Waals surface area contributed by atoms with E-state index in [4.69, 9.17) is 9.84 Å². The molecule has 2 aliphatic rings. The summed E-state index contributed by atoms with van der Waals surface area (Å²) >= 11 is 0. The Hall–Kier alpha value is -0.730. The van der Waals surface area contributed by atoms with Crippen LogP contribution in [0.4, 0.5) is 4.79 Å². The van der Waals surface area contributed by atoms with Crippen molar-refractivity contribution < 1.29 is 14.6 Å². The molecule has 2 rings (SSSR count). The second-order valence-corrected chi connectivity index (χ2v) is 6.09. The highest BCUT2D eigenvalue weighted by molar-refractivity contribution is 5.58. The van der Waals surface area contributed by atoms with Crippen molar-refractivity contribution in [3.63, 3.8) is 0 Å². The van der Waals surface area contributed by atoms with Crippen LogP contribution in [0.15, 0.2) is 0 Å². The molecule has 3 nitrogen and oxygen atoms in total. The van der Waals surface area contributed by atoms with Crippen LogP contribution in [0.5, 0.6) is 0 Å². The van der Waals surface area contributed by atoms with Gasteiger partial charge in [0.1, 0.15) is 5.60 Å². The van der Waals surface area contributed by atoms with Crippen LogP contribution in [-0.2, 0) is 4.74 Å². The van der Waals surface area contributed by atoms with Crippen molar-refractivity contribution in [1.29, 1.82) is 0 Å². The average Bonchev–Trinajstić information content (AvgIpc) is 2.60. The molecule has 2 fully saturated rings. The SMILES string of the molecule is CC(C)(C)C1(OC(=O)O)CC2CCC1C2. The fourth-order valence-corrected chi connectivity index (χ4v) is 3.63. The predicted octanol–water partition coefficient (Wildman–Crippen LogP) is 3.29. The zero-order valence-corrected chi connectivity index (χ0v) is 9.75. The second kappa shape index (κ2) is 3.13. The van der Waals surface area contributed by atoms with Crippen molar-refractivity contribution in [2.75, 3.05) is 0 Å². The van der Waals surface area contributed by atoms with Crippen LogP contribution < -0.4 is 0 Å². The molecule has 0 radical (unpaired) electrons. The Morgan fingerprint density at radius 3 is 2.40 bits per heavy atom. The molecule has 0 amide bonds. The second-order valence-electron chi connectivity index (χ2n) is 6.09. The van der Waals surface area contributed by atoms with Crippen molar-refractivity contribution in [2.24, 2.45) is 17.3 Å².